The van der Waals surface area contributed by atoms with E-state index < -0.39 is 0 Å². The molecule has 0 bridgehead atoms. The minimum atomic E-state index is 0.267. The zero-order valence-electron chi connectivity index (χ0n) is 12.3. The Labute approximate surface area is 115 Å². The number of hydrogen-bond acceptors (Lipinski definition) is 3. The Morgan fingerprint density at radius 3 is 2.74 bits per heavy atom. The van der Waals surface area contributed by atoms with Crippen molar-refractivity contribution in [3.05, 3.63) is 23.7 Å². The highest BCUT2D eigenvalue weighted by molar-refractivity contribution is 5.73. The highest BCUT2D eigenvalue weighted by atomic mass is 16.5. The van der Waals surface area contributed by atoms with E-state index in [2.05, 4.69) is 20.8 Å². The van der Waals surface area contributed by atoms with Gasteiger partial charge in [0.2, 0.25) is 0 Å². The first-order valence-electron chi connectivity index (χ1n) is 7.13. The summed E-state index contributed by atoms with van der Waals surface area (Å²) in [5.41, 5.74) is 1.06. The smallest absolute Gasteiger partial charge is 0.185 e. The van der Waals surface area contributed by atoms with Crippen molar-refractivity contribution in [2.45, 2.75) is 45.6 Å². The van der Waals surface area contributed by atoms with Crippen molar-refractivity contribution in [2.75, 3.05) is 7.11 Å². The topological polar surface area (TPSA) is 39.4 Å². The Bertz CT molecular complexity index is 421. The molecule has 0 aliphatic heterocycles. The van der Waals surface area contributed by atoms with Gasteiger partial charge in [-0.3, -0.25) is 4.79 Å². The Morgan fingerprint density at radius 1 is 1.42 bits per heavy atom. The van der Waals surface area contributed by atoms with Crippen LogP contribution in [0.3, 0.4) is 0 Å². The summed E-state index contributed by atoms with van der Waals surface area (Å²) in [5, 5.41) is 0. The number of furan rings is 1. The van der Waals surface area contributed by atoms with Crippen LogP contribution >= 0.6 is 0 Å². The molecule has 106 valence electrons. The molecule has 0 aromatic carbocycles. The summed E-state index contributed by atoms with van der Waals surface area (Å²) in [5.74, 6) is 2.42. The standard InChI is InChI=1S/C16H24O3/c1-10(2)16-13(7-11(3)8-14(16)18-4)12-5-6-19-15(12)9-17/h5-6,9-11,13-14,16H,7-8H2,1-4H3. The van der Waals surface area contributed by atoms with Crippen LogP contribution in [0.5, 0.6) is 0 Å². The first-order valence-corrected chi connectivity index (χ1v) is 7.13. The molecule has 0 N–H and O–H groups in total. The third kappa shape index (κ3) is 2.76. The van der Waals surface area contributed by atoms with Crippen molar-refractivity contribution in [2.24, 2.45) is 17.8 Å². The van der Waals surface area contributed by atoms with Crippen molar-refractivity contribution in [1.82, 2.24) is 0 Å². The highest BCUT2D eigenvalue weighted by Gasteiger charge is 2.40. The van der Waals surface area contributed by atoms with Crippen LogP contribution in [0.25, 0.3) is 0 Å². The maximum absolute atomic E-state index is 11.1. The summed E-state index contributed by atoms with van der Waals surface area (Å²) in [7, 11) is 1.80. The lowest BCUT2D eigenvalue weighted by Gasteiger charge is -2.42. The summed E-state index contributed by atoms with van der Waals surface area (Å²) < 4.78 is 11.0. The maximum atomic E-state index is 11.1. The predicted octanol–water partition coefficient (Wildman–Crippen LogP) is 3.89. The van der Waals surface area contributed by atoms with Gasteiger partial charge in [0.1, 0.15) is 0 Å². The van der Waals surface area contributed by atoms with Gasteiger partial charge in [-0.05, 0) is 42.6 Å². The van der Waals surface area contributed by atoms with Crippen LogP contribution in [-0.2, 0) is 4.74 Å². The molecule has 0 radical (unpaired) electrons. The monoisotopic (exact) mass is 264 g/mol. The average Bonchev–Trinajstić information content (AvgIpc) is 2.85. The number of methoxy groups -OCH3 is 1. The van der Waals surface area contributed by atoms with Gasteiger partial charge in [0, 0.05) is 12.7 Å². The normalized spacial score (nSPS) is 31.6. The first-order chi connectivity index (χ1) is 9.08. The van der Waals surface area contributed by atoms with E-state index in [0.717, 1.165) is 24.7 Å². The van der Waals surface area contributed by atoms with Gasteiger partial charge < -0.3 is 9.15 Å². The molecule has 0 amide bonds. The number of aldehydes is 1. The summed E-state index contributed by atoms with van der Waals surface area (Å²) >= 11 is 0. The molecule has 0 spiro atoms. The van der Waals surface area contributed by atoms with Gasteiger partial charge in [0.25, 0.3) is 0 Å². The van der Waals surface area contributed by atoms with E-state index in [1.807, 2.05) is 6.07 Å². The summed E-state index contributed by atoms with van der Waals surface area (Å²) in [6, 6.07) is 1.95. The SMILES string of the molecule is COC1CC(C)CC(c2ccoc2C=O)C1C(C)C. The van der Waals surface area contributed by atoms with Gasteiger partial charge in [-0.2, -0.15) is 0 Å². The van der Waals surface area contributed by atoms with E-state index in [9.17, 15) is 4.79 Å². The van der Waals surface area contributed by atoms with Crippen LogP contribution in [-0.4, -0.2) is 19.5 Å². The Balaban J connectivity index is 2.36. The summed E-state index contributed by atoms with van der Waals surface area (Å²) in [6.45, 7) is 6.73. The minimum absolute atomic E-state index is 0.267. The number of ether oxygens (including phenoxy) is 1. The van der Waals surface area contributed by atoms with Crippen LogP contribution < -0.4 is 0 Å². The van der Waals surface area contributed by atoms with Gasteiger partial charge in [-0.15, -0.1) is 0 Å². The summed E-state index contributed by atoms with van der Waals surface area (Å²) in [6.07, 6.45) is 4.92. The Kier molecular flexibility index (Phi) is 4.46. The van der Waals surface area contributed by atoms with E-state index in [1.165, 1.54) is 0 Å². The van der Waals surface area contributed by atoms with Crippen LogP contribution in [0.1, 0.15) is 55.6 Å². The quantitative estimate of drug-likeness (QED) is 0.774. The molecule has 4 atom stereocenters. The molecule has 0 saturated heterocycles. The Morgan fingerprint density at radius 2 is 2.16 bits per heavy atom. The van der Waals surface area contributed by atoms with Crippen molar-refractivity contribution in [3.8, 4) is 0 Å². The van der Waals surface area contributed by atoms with Crippen molar-refractivity contribution in [1.29, 1.82) is 0 Å². The molecule has 1 saturated carbocycles. The molecule has 1 aromatic rings. The molecular formula is C16H24O3. The number of carbonyl (C=O) groups is 1. The summed E-state index contributed by atoms with van der Waals surface area (Å²) in [4.78, 5) is 11.1. The lowest BCUT2D eigenvalue weighted by atomic mass is 9.66. The van der Waals surface area contributed by atoms with Crippen LogP contribution in [0.2, 0.25) is 0 Å². The average molecular weight is 264 g/mol. The van der Waals surface area contributed by atoms with Crippen molar-refractivity contribution < 1.29 is 13.9 Å². The second-order valence-electron chi connectivity index (χ2n) is 6.14. The van der Waals surface area contributed by atoms with Gasteiger partial charge in [0.15, 0.2) is 12.0 Å². The van der Waals surface area contributed by atoms with Gasteiger partial charge in [0.05, 0.1) is 12.4 Å². The van der Waals surface area contributed by atoms with Crippen molar-refractivity contribution >= 4 is 6.29 Å². The van der Waals surface area contributed by atoms with Gasteiger partial charge in [-0.25, -0.2) is 0 Å². The third-order valence-corrected chi connectivity index (χ3v) is 4.49. The zero-order chi connectivity index (χ0) is 14.0. The fourth-order valence-electron chi connectivity index (χ4n) is 3.71. The number of rotatable bonds is 4. The molecular weight excluding hydrogens is 240 g/mol. The van der Waals surface area contributed by atoms with Gasteiger partial charge >= 0.3 is 0 Å². The number of carbonyl (C=O) groups excluding carboxylic acids is 1. The van der Waals surface area contributed by atoms with Crippen LogP contribution in [0, 0.1) is 17.8 Å². The first kappa shape index (κ1) is 14.3. The largest absolute Gasteiger partial charge is 0.461 e. The molecule has 4 unspecified atom stereocenters. The minimum Gasteiger partial charge on any atom is -0.461 e. The lowest BCUT2D eigenvalue weighted by Crippen LogP contribution is -2.39. The van der Waals surface area contributed by atoms with E-state index >= 15 is 0 Å². The number of hydrogen-bond donors (Lipinski definition) is 0. The van der Waals surface area contributed by atoms with E-state index in [4.69, 9.17) is 9.15 Å². The molecule has 1 fully saturated rings. The van der Waals surface area contributed by atoms with Crippen LogP contribution in [0.4, 0.5) is 0 Å². The predicted molar refractivity (Wildman–Crippen MR) is 74.4 cm³/mol. The fraction of sp³-hybridized carbons (Fsp3) is 0.688. The molecule has 1 heterocycles. The second-order valence-corrected chi connectivity index (χ2v) is 6.14. The van der Waals surface area contributed by atoms with E-state index in [0.29, 0.717) is 29.4 Å². The molecule has 3 nitrogen and oxygen atoms in total. The fourth-order valence-corrected chi connectivity index (χ4v) is 3.71. The Hall–Kier alpha value is -1.09. The van der Waals surface area contributed by atoms with E-state index in [-0.39, 0.29) is 6.10 Å². The highest BCUT2D eigenvalue weighted by Crippen LogP contribution is 2.46. The maximum Gasteiger partial charge on any atom is 0.185 e. The molecule has 2 rings (SSSR count). The molecule has 1 aliphatic rings. The second kappa shape index (κ2) is 5.91. The lowest BCUT2D eigenvalue weighted by molar-refractivity contribution is -0.0220. The van der Waals surface area contributed by atoms with E-state index in [1.54, 1.807) is 13.4 Å². The molecule has 1 aromatic heterocycles. The molecule has 1 aliphatic carbocycles. The van der Waals surface area contributed by atoms with Crippen molar-refractivity contribution in [3.63, 3.8) is 0 Å². The molecule has 3 heteroatoms. The van der Waals surface area contributed by atoms with Gasteiger partial charge in [-0.1, -0.05) is 20.8 Å². The zero-order valence-corrected chi connectivity index (χ0v) is 12.3. The molecule has 19 heavy (non-hydrogen) atoms. The third-order valence-electron chi connectivity index (χ3n) is 4.49. The van der Waals surface area contributed by atoms with Crippen LogP contribution in [0.15, 0.2) is 16.7 Å².